The molecule has 2 aliphatic rings. The van der Waals surface area contributed by atoms with Crippen molar-refractivity contribution in [2.45, 2.75) is 38.5 Å². The number of rotatable bonds is 3. The summed E-state index contributed by atoms with van der Waals surface area (Å²) in [5.41, 5.74) is 3.32. The number of fused-ring (bicyclic) bond motifs is 1. The van der Waals surface area contributed by atoms with E-state index in [0.29, 0.717) is 5.41 Å². The highest BCUT2D eigenvalue weighted by Gasteiger charge is 2.34. The minimum Gasteiger partial charge on any atom is -0.370 e. The standard InChI is InChI=1S/C18H28N2/c1-18(2)14-20(17-7-5-4-6-16(17)18)13-10-15-8-11-19(3)12-9-15/h4-7,15H,8-14H2,1-3H3. The van der Waals surface area contributed by atoms with Crippen LogP contribution in [0.1, 0.15) is 38.7 Å². The topological polar surface area (TPSA) is 6.48 Å². The van der Waals surface area contributed by atoms with Crippen LogP contribution in [0, 0.1) is 5.92 Å². The molecule has 2 nitrogen and oxygen atoms in total. The molecule has 3 rings (SSSR count). The summed E-state index contributed by atoms with van der Waals surface area (Å²) >= 11 is 0. The lowest BCUT2D eigenvalue weighted by molar-refractivity contribution is 0.213. The van der Waals surface area contributed by atoms with Crippen LogP contribution in [0.3, 0.4) is 0 Å². The fourth-order valence-corrected chi connectivity index (χ4v) is 3.86. The molecule has 0 aliphatic carbocycles. The highest BCUT2D eigenvalue weighted by atomic mass is 15.2. The van der Waals surface area contributed by atoms with Crippen LogP contribution >= 0.6 is 0 Å². The summed E-state index contributed by atoms with van der Waals surface area (Å²) in [4.78, 5) is 5.08. The zero-order valence-corrected chi connectivity index (χ0v) is 13.2. The highest BCUT2D eigenvalue weighted by Crippen LogP contribution is 2.40. The van der Waals surface area contributed by atoms with Crippen molar-refractivity contribution < 1.29 is 0 Å². The molecule has 0 unspecified atom stereocenters. The van der Waals surface area contributed by atoms with Crippen molar-refractivity contribution in [3.05, 3.63) is 29.8 Å². The number of para-hydroxylation sites is 1. The first-order valence-electron chi connectivity index (χ1n) is 8.09. The molecule has 1 aromatic rings. The number of hydrogen-bond acceptors (Lipinski definition) is 2. The molecule has 20 heavy (non-hydrogen) atoms. The molecular formula is C18H28N2. The van der Waals surface area contributed by atoms with E-state index < -0.39 is 0 Å². The van der Waals surface area contributed by atoms with Gasteiger partial charge in [0.25, 0.3) is 0 Å². The smallest absolute Gasteiger partial charge is 0.0405 e. The van der Waals surface area contributed by atoms with Crippen molar-refractivity contribution in [2.75, 3.05) is 38.1 Å². The van der Waals surface area contributed by atoms with Gasteiger partial charge in [-0.2, -0.15) is 0 Å². The van der Waals surface area contributed by atoms with Crippen molar-refractivity contribution in [1.82, 2.24) is 4.90 Å². The van der Waals surface area contributed by atoms with Crippen molar-refractivity contribution in [3.63, 3.8) is 0 Å². The first-order valence-corrected chi connectivity index (χ1v) is 8.09. The van der Waals surface area contributed by atoms with Crippen molar-refractivity contribution in [1.29, 1.82) is 0 Å². The molecule has 2 aliphatic heterocycles. The van der Waals surface area contributed by atoms with Gasteiger partial charge < -0.3 is 9.80 Å². The lowest BCUT2D eigenvalue weighted by Gasteiger charge is -2.31. The summed E-state index contributed by atoms with van der Waals surface area (Å²) in [5, 5.41) is 0. The Morgan fingerprint density at radius 2 is 1.85 bits per heavy atom. The first kappa shape index (κ1) is 13.9. The Bertz CT molecular complexity index is 458. The molecule has 110 valence electrons. The molecule has 0 radical (unpaired) electrons. The SMILES string of the molecule is CN1CCC(CCN2CC(C)(C)c3ccccc32)CC1. The van der Waals surface area contributed by atoms with E-state index in [2.05, 4.69) is 55.0 Å². The number of nitrogens with zero attached hydrogens (tertiary/aromatic N) is 2. The zero-order chi connectivity index (χ0) is 14.2. The van der Waals surface area contributed by atoms with Crippen LogP contribution in [0.25, 0.3) is 0 Å². The summed E-state index contributed by atoms with van der Waals surface area (Å²) in [6, 6.07) is 8.98. The van der Waals surface area contributed by atoms with Crippen LogP contribution < -0.4 is 4.90 Å². The average molecular weight is 272 g/mol. The van der Waals surface area contributed by atoms with E-state index in [-0.39, 0.29) is 0 Å². The highest BCUT2D eigenvalue weighted by molar-refractivity contribution is 5.62. The molecule has 2 heterocycles. The lowest BCUT2D eigenvalue weighted by Crippen LogP contribution is -2.33. The van der Waals surface area contributed by atoms with Crippen LogP contribution in [0.5, 0.6) is 0 Å². The van der Waals surface area contributed by atoms with Crippen molar-refractivity contribution >= 4 is 5.69 Å². The second-order valence-electron chi connectivity index (χ2n) is 7.36. The van der Waals surface area contributed by atoms with E-state index in [4.69, 9.17) is 0 Å². The average Bonchev–Trinajstić information content (AvgIpc) is 2.70. The first-order chi connectivity index (χ1) is 9.56. The molecule has 0 N–H and O–H groups in total. The van der Waals surface area contributed by atoms with E-state index in [1.807, 2.05) is 0 Å². The molecule has 1 aromatic carbocycles. The Kier molecular flexibility index (Phi) is 3.76. The van der Waals surface area contributed by atoms with Crippen LogP contribution in [0.4, 0.5) is 5.69 Å². The van der Waals surface area contributed by atoms with Crippen LogP contribution in [0.2, 0.25) is 0 Å². The van der Waals surface area contributed by atoms with Crippen LogP contribution in [0.15, 0.2) is 24.3 Å². The predicted octanol–water partition coefficient (Wildman–Crippen LogP) is 3.52. The van der Waals surface area contributed by atoms with Crippen molar-refractivity contribution in [3.8, 4) is 0 Å². The predicted molar refractivity (Wildman–Crippen MR) is 86.5 cm³/mol. The Labute approximate surface area is 123 Å². The van der Waals surface area contributed by atoms with Gasteiger partial charge in [0, 0.05) is 24.2 Å². The maximum Gasteiger partial charge on any atom is 0.0405 e. The van der Waals surface area contributed by atoms with Gasteiger partial charge in [-0.25, -0.2) is 0 Å². The number of likely N-dealkylation sites (tertiary alicyclic amines) is 1. The summed E-state index contributed by atoms with van der Waals surface area (Å²) in [6.45, 7) is 9.73. The summed E-state index contributed by atoms with van der Waals surface area (Å²) in [6.07, 6.45) is 4.13. The fourth-order valence-electron chi connectivity index (χ4n) is 3.86. The largest absolute Gasteiger partial charge is 0.370 e. The molecule has 0 aromatic heterocycles. The number of anilines is 1. The summed E-state index contributed by atoms with van der Waals surface area (Å²) < 4.78 is 0. The second kappa shape index (κ2) is 5.40. The Hall–Kier alpha value is -1.02. The molecule has 1 saturated heterocycles. The van der Waals surface area contributed by atoms with Gasteiger partial charge in [0.15, 0.2) is 0 Å². The van der Waals surface area contributed by atoms with E-state index >= 15 is 0 Å². The molecule has 2 heteroatoms. The summed E-state index contributed by atoms with van der Waals surface area (Å²) in [7, 11) is 2.25. The molecular weight excluding hydrogens is 244 g/mol. The Morgan fingerprint density at radius 1 is 1.15 bits per heavy atom. The zero-order valence-electron chi connectivity index (χ0n) is 13.2. The monoisotopic (exact) mass is 272 g/mol. The Balaban J connectivity index is 1.62. The lowest BCUT2D eigenvalue weighted by atomic mass is 9.87. The number of hydrogen-bond donors (Lipinski definition) is 0. The van der Waals surface area contributed by atoms with Crippen LogP contribution in [-0.2, 0) is 5.41 Å². The third kappa shape index (κ3) is 2.71. The number of benzene rings is 1. The summed E-state index contributed by atoms with van der Waals surface area (Å²) in [5.74, 6) is 0.932. The van der Waals surface area contributed by atoms with Gasteiger partial charge in [-0.1, -0.05) is 32.0 Å². The minimum absolute atomic E-state index is 0.309. The van der Waals surface area contributed by atoms with E-state index in [1.54, 1.807) is 0 Å². The molecule has 0 bridgehead atoms. The van der Waals surface area contributed by atoms with Crippen LogP contribution in [-0.4, -0.2) is 38.1 Å². The van der Waals surface area contributed by atoms with Gasteiger partial charge in [0.05, 0.1) is 0 Å². The molecule has 0 amide bonds. The van der Waals surface area contributed by atoms with Gasteiger partial charge >= 0.3 is 0 Å². The van der Waals surface area contributed by atoms with Crippen molar-refractivity contribution in [2.24, 2.45) is 5.92 Å². The second-order valence-corrected chi connectivity index (χ2v) is 7.36. The maximum absolute atomic E-state index is 2.62. The van der Waals surface area contributed by atoms with E-state index in [1.165, 1.54) is 56.7 Å². The van der Waals surface area contributed by atoms with Gasteiger partial charge in [-0.05, 0) is 56.9 Å². The maximum atomic E-state index is 2.62. The number of piperidine rings is 1. The van der Waals surface area contributed by atoms with Gasteiger partial charge in [0.1, 0.15) is 0 Å². The molecule has 0 spiro atoms. The third-order valence-corrected chi connectivity index (χ3v) is 5.21. The van der Waals surface area contributed by atoms with E-state index in [9.17, 15) is 0 Å². The molecule has 0 atom stereocenters. The van der Waals surface area contributed by atoms with E-state index in [0.717, 1.165) is 5.92 Å². The Morgan fingerprint density at radius 3 is 2.60 bits per heavy atom. The van der Waals surface area contributed by atoms with Gasteiger partial charge in [-0.15, -0.1) is 0 Å². The normalized spacial score (nSPS) is 23.1. The third-order valence-electron chi connectivity index (χ3n) is 5.21. The quantitative estimate of drug-likeness (QED) is 0.831. The van der Waals surface area contributed by atoms with Gasteiger partial charge in [0.2, 0.25) is 0 Å². The fraction of sp³-hybridized carbons (Fsp3) is 0.667. The molecule has 0 saturated carbocycles. The van der Waals surface area contributed by atoms with Gasteiger partial charge in [-0.3, -0.25) is 0 Å². The molecule has 1 fully saturated rings. The minimum atomic E-state index is 0.309.